The topological polar surface area (TPSA) is 110 Å². The zero-order valence-electron chi connectivity index (χ0n) is 17.5. The number of benzene rings is 1. The van der Waals surface area contributed by atoms with Crippen LogP contribution in [0.4, 0.5) is 10.5 Å². The minimum atomic E-state index is -0.751. The van der Waals surface area contributed by atoms with Crippen molar-refractivity contribution in [3.63, 3.8) is 0 Å². The van der Waals surface area contributed by atoms with E-state index in [9.17, 15) is 14.4 Å². The molecule has 0 unspecified atom stereocenters. The molecule has 172 valence electrons. The smallest absolute Gasteiger partial charge is 0.428 e. The Bertz CT molecular complexity index is 1240. The number of hydrogen-bond acceptors (Lipinski definition) is 6. The van der Waals surface area contributed by atoms with Crippen molar-refractivity contribution in [2.75, 3.05) is 26.5 Å². The second-order valence-electron chi connectivity index (χ2n) is 6.54. The molecule has 3 rings (SSSR count). The largest absolute Gasteiger partial charge is 0.452 e. The fourth-order valence-electron chi connectivity index (χ4n) is 2.76. The maximum Gasteiger partial charge on any atom is 0.428 e. The zero-order chi connectivity index (χ0) is 24.3. The molecule has 13 heteroatoms. The lowest BCUT2D eigenvalue weighted by Gasteiger charge is -2.27. The second-order valence-corrected chi connectivity index (χ2v) is 8.20. The number of nitrogens with zero attached hydrogens (tertiary/aromatic N) is 5. The van der Waals surface area contributed by atoms with Gasteiger partial charge < -0.3 is 10.1 Å². The SMILES string of the molecule is COC(=O)N(C)N(C)C(=O)c1cc(Cl)ccc1NC(=O)c1cc(Br)nn1-c1ncccc1Cl. The summed E-state index contributed by atoms with van der Waals surface area (Å²) >= 11 is 15.5. The van der Waals surface area contributed by atoms with Crippen LogP contribution < -0.4 is 5.32 Å². The Balaban J connectivity index is 1.96. The highest BCUT2D eigenvalue weighted by molar-refractivity contribution is 9.10. The molecular weight excluding hydrogens is 539 g/mol. The molecule has 0 aliphatic heterocycles. The van der Waals surface area contributed by atoms with Crippen molar-refractivity contribution in [2.45, 2.75) is 0 Å². The minimum Gasteiger partial charge on any atom is -0.452 e. The molecule has 2 aromatic heterocycles. The van der Waals surface area contributed by atoms with E-state index in [2.05, 4.69) is 36.1 Å². The second kappa shape index (κ2) is 10.2. The molecule has 1 N–H and O–H groups in total. The number of aromatic nitrogens is 3. The first-order chi connectivity index (χ1) is 15.6. The number of anilines is 1. The first kappa shape index (κ1) is 24.5. The molecule has 0 spiro atoms. The molecule has 3 amide bonds. The number of rotatable bonds is 4. The van der Waals surface area contributed by atoms with E-state index < -0.39 is 17.9 Å². The molecule has 1 aromatic carbocycles. The lowest BCUT2D eigenvalue weighted by atomic mass is 10.1. The lowest BCUT2D eigenvalue weighted by molar-refractivity contribution is 0.0193. The van der Waals surface area contributed by atoms with Gasteiger partial charge in [-0.05, 0) is 46.3 Å². The summed E-state index contributed by atoms with van der Waals surface area (Å²) in [5.41, 5.74) is 0.321. The number of carbonyl (C=O) groups excluding carboxylic acids is 3. The van der Waals surface area contributed by atoms with Crippen molar-refractivity contribution in [1.29, 1.82) is 0 Å². The van der Waals surface area contributed by atoms with E-state index in [4.69, 9.17) is 23.2 Å². The van der Waals surface area contributed by atoms with Gasteiger partial charge in [0.1, 0.15) is 10.3 Å². The van der Waals surface area contributed by atoms with Gasteiger partial charge >= 0.3 is 6.09 Å². The van der Waals surface area contributed by atoms with Gasteiger partial charge in [0, 0.05) is 31.4 Å². The number of methoxy groups -OCH3 is 1. The molecule has 0 fully saturated rings. The number of pyridine rings is 1. The molecule has 0 saturated carbocycles. The first-order valence-electron chi connectivity index (χ1n) is 9.21. The van der Waals surface area contributed by atoms with Crippen molar-refractivity contribution < 1.29 is 19.1 Å². The fraction of sp³-hybridized carbons (Fsp3) is 0.150. The summed E-state index contributed by atoms with van der Waals surface area (Å²) in [6, 6.07) is 9.12. The van der Waals surface area contributed by atoms with E-state index in [1.165, 1.54) is 56.3 Å². The predicted molar refractivity (Wildman–Crippen MR) is 126 cm³/mol. The van der Waals surface area contributed by atoms with Gasteiger partial charge in [0.15, 0.2) is 5.82 Å². The molecule has 0 bridgehead atoms. The molecule has 0 aliphatic carbocycles. The normalized spacial score (nSPS) is 10.5. The van der Waals surface area contributed by atoms with Crippen molar-refractivity contribution in [3.8, 4) is 5.82 Å². The zero-order valence-corrected chi connectivity index (χ0v) is 20.6. The van der Waals surface area contributed by atoms with E-state index in [0.717, 1.165) is 10.0 Å². The van der Waals surface area contributed by atoms with Crippen LogP contribution in [-0.4, -0.2) is 63.9 Å². The number of ether oxygens (including phenoxy) is 1. The van der Waals surface area contributed by atoms with Crippen molar-refractivity contribution in [1.82, 2.24) is 24.8 Å². The average molecular weight is 556 g/mol. The van der Waals surface area contributed by atoms with Crippen LogP contribution in [-0.2, 0) is 4.74 Å². The van der Waals surface area contributed by atoms with E-state index in [-0.39, 0.29) is 32.8 Å². The Morgan fingerprint density at radius 1 is 1.12 bits per heavy atom. The summed E-state index contributed by atoms with van der Waals surface area (Å²) in [6.45, 7) is 0. The van der Waals surface area contributed by atoms with Crippen LogP contribution in [0, 0.1) is 0 Å². The predicted octanol–water partition coefficient (Wildman–Crippen LogP) is 4.27. The highest BCUT2D eigenvalue weighted by Gasteiger charge is 2.25. The monoisotopic (exact) mass is 554 g/mol. The lowest BCUT2D eigenvalue weighted by Crippen LogP contribution is -2.45. The molecule has 33 heavy (non-hydrogen) atoms. The molecule has 0 radical (unpaired) electrons. The molecular formula is C20H17BrCl2N6O4. The third-order valence-corrected chi connectivity index (χ3v) is 5.41. The molecule has 0 aliphatic rings. The van der Waals surface area contributed by atoms with Gasteiger partial charge in [-0.15, -0.1) is 0 Å². The number of hydrazine groups is 1. The molecule has 10 nitrogen and oxygen atoms in total. The Morgan fingerprint density at radius 2 is 1.85 bits per heavy atom. The number of nitrogens with one attached hydrogen (secondary N) is 1. The summed E-state index contributed by atoms with van der Waals surface area (Å²) in [5.74, 6) is -0.944. The van der Waals surface area contributed by atoms with E-state index in [1.807, 2.05) is 0 Å². The Kier molecular flexibility index (Phi) is 7.57. The third kappa shape index (κ3) is 5.27. The van der Waals surface area contributed by atoms with Crippen LogP contribution >= 0.6 is 39.1 Å². The van der Waals surface area contributed by atoms with Crippen LogP contribution in [0.1, 0.15) is 20.8 Å². The quantitative estimate of drug-likeness (QED) is 0.481. The van der Waals surface area contributed by atoms with Crippen LogP contribution in [0.3, 0.4) is 0 Å². The average Bonchev–Trinajstić information content (AvgIpc) is 3.19. The number of hydrogen-bond donors (Lipinski definition) is 1. The Morgan fingerprint density at radius 3 is 2.52 bits per heavy atom. The van der Waals surface area contributed by atoms with Crippen molar-refractivity contribution in [3.05, 3.63) is 68.5 Å². The van der Waals surface area contributed by atoms with Gasteiger partial charge in [-0.3, -0.25) is 9.59 Å². The van der Waals surface area contributed by atoms with Crippen LogP contribution in [0.15, 0.2) is 47.2 Å². The van der Waals surface area contributed by atoms with E-state index in [1.54, 1.807) is 12.1 Å². The summed E-state index contributed by atoms with van der Waals surface area (Å²) in [7, 11) is 3.93. The molecule has 0 atom stereocenters. The van der Waals surface area contributed by atoms with Gasteiger partial charge in [0.25, 0.3) is 11.8 Å². The van der Waals surface area contributed by atoms with Crippen molar-refractivity contribution >= 4 is 62.7 Å². The summed E-state index contributed by atoms with van der Waals surface area (Å²) in [4.78, 5) is 42.2. The molecule has 2 heterocycles. The van der Waals surface area contributed by atoms with Gasteiger partial charge in [-0.2, -0.15) is 5.10 Å². The van der Waals surface area contributed by atoms with Crippen molar-refractivity contribution in [2.24, 2.45) is 0 Å². The van der Waals surface area contributed by atoms with Crippen LogP contribution in [0.5, 0.6) is 0 Å². The van der Waals surface area contributed by atoms with E-state index >= 15 is 0 Å². The van der Waals surface area contributed by atoms with E-state index in [0.29, 0.717) is 4.60 Å². The van der Waals surface area contributed by atoms with Crippen LogP contribution in [0.25, 0.3) is 5.82 Å². The number of halogens is 3. The Labute approximate surface area is 207 Å². The summed E-state index contributed by atoms with van der Waals surface area (Å²) in [5, 5.41) is 9.47. The fourth-order valence-corrected chi connectivity index (χ4v) is 3.51. The highest BCUT2D eigenvalue weighted by Crippen LogP contribution is 2.25. The molecule has 0 saturated heterocycles. The molecule has 3 aromatic rings. The van der Waals surface area contributed by atoms with Gasteiger partial charge in [-0.1, -0.05) is 23.2 Å². The van der Waals surface area contributed by atoms with Crippen LogP contribution in [0.2, 0.25) is 10.0 Å². The number of amides is 3. The summed E-state index contributed by atoms with van der Waals surface area (Å²) < 4.78 is 6.28. The summed E-state index contributed by atoms with van der Waals surface area (Å²) in [6.07, 6.45) is 0.765. The maximum absolute atomic E-state index is 13.1. The minimum absolute atomic E-state index is 0.0510. The standard InChI is InChI=1S/C20H17BrCl2N6O4/c1-27(28(2)20(32)33-3)19(31)12-9-11(22)6-7-14(12)25-18(30)15-10-16(21)26-29(15)17-13(23)5-4-8-24-17/h4-10H,1-3H3,(H,25,30). The van der Waals surface area contributed by atoms with Gasteiger partial charge in [0.2, 0.25) is 0 Å². The van der Waals surface area contributed by atoms with Gasteiger partial charge in [-0.25, -0.2) is 24.5 Å². The maximum atomic E-state index is 13.1. The number of carbonyl (C=O) groups is 3. The highest BCUT2D eigenvalue weighted by atomic mass is 79.9. The first-order valence-corrected chi connectivity index (χ1v) is 10.8. The Hall–Kier alpha value is -3.15. The third-order valence-electron chi connectivity index (χ3n) is 4.49. The van der Waals surface area contributed by atoms with Gasteiger partial charge in [0.05, 0.1) is 23.4 Å².